The third-order valence-corrected chi connectivity index (χ3v) is 5.82. The van der Waals surface area contributed by atoms with Gasteiger partial charge in [0.15, 0.2) is 10.0 Å². The first-order valence-corrected chi connectivity index (χ1v) is 8.68. The number of amides is 2. The number of carbonyl (C=O) groups is 3. The lowest BCUT2D eigenvalue weighted by Crippen LogP contribution is -2.58. The van der Waals surface area contributed by atoms with Crippen LogP contribution in [-0.4, -0.2) is 51.5 Å². The average Bonchev–Trinajstić information content (AvgIpc) is 2.98. The van der Waals surface area contributed by atoms with Crippen LogP contribution in [-0.2, 0) is 24.1 Å². The molecule has 2 aliphatic rings. The second-order valence-electron chi connectivity index (χ2n) is 5.08. The van der Waals surface area contributed by atoms with Crippen molar-refractivity contribution in [3.8, 4) is 0 Å². The molecule has 0 spiro atoms. The molecule has 3 rings (SSSR count). The Morgan fingerprint density at radius 3 is 2.96 bits per heavy atom. The highest BCUT2D eigenvalue weighted by atomic mass is 32.2. The number of carboxylic acids is 1. The van der Waals surface area contributed by atoms with Crippen molar-refractivity contribution in [2.75, 3.05) is 12.8 Å². The Balaban J connectivity index is 2.09. The van der Waals surface area contributed by atoms with Gasteiger partial charge in [0.2, 0.25) is 5.91 Å². The van der Waals surface area contributed by atoms with Crippen molar-refractivity contribution >= 4 is 52.2 Å². The molecule has 0 aromatic carbocycles. The lowest BCUT2D eigenvalue weighted by atomic mass is 10.0. The van der Waals surface area contributed by atoms with Crippen molar-refractivity contribution in [3.63, 3.8) is 0 Å². The number of β-lactam (4-membered cyclic amide) rings is 1. The summed E-state index contributed by atoms with van der Waals surface area (Å²) in [5.41, 5.74) is 5.75. The number of nitrogens with zero attached hydrogens (tertiary/aromatic N) is 3. The molecule has 0 radical (unpaired) electrons. The number of nitrogens with two attached hydrogens (primary N) is 1. The third kappa shape index (κ3) is 2.93. The molecule has 1 unspecified atom stereocenters. The van der Waals surface area contributed by atoms with E-state index in [4.69, 9.17) is 5.73 Å². The highest BCUT2D eigenvalue weighted by Crippen LogP contribution is 2.51. The molecule has 1 aromatic rings. The largest absolute Gasteiger partial charge is 0.478 e. The van der Waals surface area contributed by atoms with Crippen molar-refractivity contribution in [3.05, 3.63) is 22.8 Å². The van der Waals surface area contributed by atoms with Gasteiger partial charge in [0.05, 0.1) is 23.1 Å². The molecule has 4 N–H and O–H groups in total. The van der Waals surface area contributed by atoms with Crippen molar-refractivity contribution in [1.29, 1.82) is 0 Å². The molecule has 2 amide bonds. The number of anilines is 1. The molecule has 2 aliphatic heterocycles. The van der Waals surface area contributed by atoms with Gasteiger partial charge in [0.25, 0.3) is 5.91 Å². The highest BCUT2D eigenvalue weighted by Gasteiger charge is 2.54. The molecule has 0 bridgehead atoms. The van der Waals surface area contributed by atoms with Gasteiger partial charge < -0.3 is 25.9 Å². The first-order chi connectivity index (χ1) is 11.9. The van der Waals surface area contributed by atoms with E-state index in [1.807, 2.05) is 0 Å². The van der Waals surface area contributed by atoms with Gasteiger partial charge in [-0.2, -0.15) is 0 Å². The van der Waals surface area contributed by atoms with Gasteiger partial charge in [-0.25, -0.2) is 9.78 Å². The van der Waals surface area contributed by atoms with Crippen LogP contribution in [0.4, 0.5) is 5.13 Å². The van der Waals surface area contributed by atoms with Crippen LogP contribution in [0.1, 0.15) is 12.1 Å². The quantitative estimate of drug-likeness (QED) is 0.363. The molecular weight excluding hydrogens is 370 g/mol. The van der Waals surface area contributed by atoms with Crippen LogP contribution < -0.4 is 11.1 Å². The van der Waals surface area contributed by atoms with Gasteiger partial charge in [0, 0.05) is 11.6 Å². The summed E-state index contributed by atoms with van der Waals surface area (Å²) in [7, 11) is 1.27. The molecule has 25 heavy (non-hydrogen) atoms. The van der Waals surface area contributed by atoms with Crippen LogP contribution >= 0.6 is 23.1 Å². The number of aliphatic carboxylic acids is 1. The van der Waals surface area contributed by atoms with E-state index in [0.29, 0.717) is 0 Å². The molecule has 132 valence electrons. The van der Waals surface area contributed by atoms with Crippen LogP contribution in [0.3, 0.4) is 0 Å². The Labute approximate surface area is 149 Å². The summed E-state index contributed by atoms with van der Waals surface area (Å²) in [4.78, 5) is 44.1. The lowest BCUT2D eigenvalue weighted by Gasteiger charge is -2.48. The highest BCUT2D eigenvalue weighted by molar-refractivity contribution is 8.01. The molecule has 3 heterocycles. The van der Waals surface area contributed by atoms with Crippen molar-refractivity contribution in [2.24, 2.45) is 5.16 Å². The predicted octanol–water partition coefficient (Wildman–Crippen LogP) is -0.0998. The van der Waals surface area contributed by atoms with Gasteiger partial charge in [-0.1, -0.05) is 16.9 Å². The van der Waals surface area contributed by atoms with E-state index < -0.39 is 16.7 Å². The lowest BCUT2D eigenvalue weighted by molar-refractivity contribution is -0.138. The van der Waals surface area contributed by atoms with Crippen LogP contribution in [0, 0.1) is 0 Å². The Morgan fingerprint density at radius 1 is 1.64 bits per heavy atom. The van der Waals surface area contributed by atoms with Crippen LogP contribution in [0.5, 0.6) is 0 Å². The van der Waals surface area contributed by atoms with Gasteiger partial charge in [-0.15, -0.1) is 11.3 Å². The number of thioether (sulfide) groups is 1. The number of nitrogens with one attached hydrogen (secondary N) is 1. The number of hydrogen-bond donors (Lipinski definition) is 3. The average molecular weight is 383 g/mol. The molecule has 0 saturated carbocycles. The molecule has 12 heteroatoms. The first kappa shape index (κ1) is 17.2. The van der Waals surface area contributed by atoms with E-state index in [2.05, 4.69) is 20.3 Å². The molecule has 1 saturated heterocycles. The summed E-state index contributed by atoms with van der Waals surface area (Å²) in [6, 6.07) is 0. The number of hydrogen-bond acceptors (Lipinski definition) is 9. The zero-order valence-corrected chi connectivity index (χ0v) is 14.5. The topological polar surface area (TPSA) is 147 Å². The predicted molar refractivity (Wildman–Crippen MR) is 90.4 cm³/mol. The van der Waals surface area contributed by atoms with E-state index in [9.17, 15) is 19.5 Å². The molecule has 2 atom stereocenters. The Kier molecular flexibility index (Phi) is 4.39. The minimum atomic E-state index is -1.50. The zero-order chi connectivity index (χ0) is 18.2. The van der Waals surface area contributed by atoms with Gasteiger partial charge in [-0.3, -0.25) is 9.59 Å². The maximum absolute atomic E-state index is 12.2. The summed E-state index contributed by atoms with van der Waals surface area (Å²) >= 11 is 2.23. The first-order valence-electron chi connectivity index (χ1n) is 6.92. The van der Waals surface area contributed by atoms with Crippen molar-refractivity contribution in [2.45, 2.75) is 16.7 Å². The Morgan fingerprint density at radius 2 is 2.40 bits per heavy atom. The molecule has 1 fully saturated rings. The third-order valence-electron chi connectivity index (χ3n) is 3.60. The number of carboxylic acid groups (broad SMARTS) is 1. The number of thiazole rings is 1. The van der Waals surface area contributed by atoms with E-state index in [-0.39, 0.29) is 34.1 Å². The number of aromatic nitrogens is 1. The molecular formula is C13H13N5O5S2. The van der Waals surface area contributed by atoms with Gasteiger partial charge >= 0.3 is 5.97 Å². The fourth-order valence-electron chi connectivity index (χ4n) is 2.47. The van der Waals surface area contributed by atoms with E-state index >= 15 is 0 Å². The summed E-state index contributed by atoms with van der Waals surface area (Å²) in [5.74, 6) is -2.15. The minimum Gasteiger partial charge on any atom is -0.478 e. The Bertz CT molecular complexity index is 806. The number of oxime groups is 1. The maximum Gasteiger partial charge on any atom is 0.336 e. The Hall–Kier alpha value is -2.60. The smallest absolute Gasteiger partial charge is 0.336 e. The standard InChI is InChI=1S/C13H13N5O5S2/c1-23-15-3-8(19)17-13(7-5-24-12(14)16-7)6(11(21)22)4-18-9(20)2-10(18)25-13/h3-5,10H,2H2,1H3,(H2,14,16)(H,17,19)(H,21,22)/t10-,13?/m1/s1. The number of fused-ring (bicyclic) bond motifs is 1. The zero-order valence-electron chi connectivity index (χ0n) is 12.8. The molecule has 10 nitrogen and oxygen atoms in total. The van der Waals surface area contributed by atoms with E-state index in [1.54, 1.807) is 5.38 Å². The molecule has 0 aliphatic carbocycles. The summed E-state index contributed by atoms with van der Waals surface area (Å²) in [6.07, 6.45) is 2.35. The monoisotopic (exact) mass is 383 g/mol. The van der Waals surface area contributed by atoms with E-state index in [1.165, 1.54) is 18.2 Å². The number of rotatable bonds is 5. The fourth-order valence-corrected chi connectivity index (χ4v) is 4.74. The second kappa shape index (κ2) is 6.37. The fraction of sp³-hybridized carbons (Fsp3) is 0.308. The summed E-state index contributed by atoms with van der Waals surface area (Å²) in [6.45, 7) is 0. The SMILES string of the molecule is CON=CC(=O)NC1(c2csc(N)n2)S[C@@H]2CC(=O)N2C=C1C(=O)O. The number of nitrogen functional groups attached to an aromatic ring is 1. The van der Waals surface area contributed by atoms with Crippen LogP contribution in [0.15, 0.2) is 22.3 Å². The van der Waals surface area contributed by atoms with Crippen molar-refractivity contribution in [1.82, 2.24) is 15.2 Å². The van der Waals surface area contributed by atoms with Gasteiger partial charge in [0.1, 0.15) is 13.3 Å². The summed E-state index contributed by atoms with van der Waals surface area (Å²) in [5, 5.41) is 17.2. The minimum absolute atomic E-state index is 0.185. The number of carbonyl (C=O) groups excluding carboxylic acids is 2. The van der Waals surface area contributed by atoms with Crippen molar-refractivity contribution < 1.29 is 24.3 Å². The summed E-state index contributed by atoms with van der Waals surface area (Å²) < 4.78 is 0. The van der Waals surface area contributed by atoms with Crippen LogP contribution in [0.2, 0.25) is 0 Å². The van der Waals surface area contributed by atoms with E-state index in [0.717, 1.165) is 29.3 Å². The normalized spacial score (nSPS) is 25.2. The van der Waals surface area contributed by atoms with Gasteiger partial charge in [-0.05, 0) is 0 Å². The van der Waals surface area contributed by atoms with Crippen LogP contribution in [0.25, 0.3) is 0 Å². The maximum atomic E-state index is 12.2. The molecule has 1 aromatic heterocycles. The second-order valence-corrected chi connectivity index (χ2v) is 7.37.